The first-order chi connectivity index (χ1) is 8.09. The van der Waals surface area contributed by atoms with E-state index in [2.05, 4.69) is 4.72 Å². The van der Waals surface area contributed by atoms with Crippen LogP contribution < -0.4 is 10.5 Å². The van der Waals surface area contributed by atoms with E-state index in [4.69, 9.17) is 5.73 Å². The van der Waals surface area contributed by atoms with Crippen molar-refractivity contribution in [1.82, 2.24) is 0 Å². The first kappa shape index (κ1) is 14.8. The lowest BCUT2D eigenvalue weighted by Crippen LogP contribution is -2.21. The second-order valence-corrected chi connectivity index (χ2v) is 7.66. The minimum Gasteiger partial charge on any atom is -0.397 e. The third-order valence-corrected chi connectivity index (χ3v) is 3.87. The van der Waals surface area contributed by atoms with Crippen LogP contribution in [0.25, 0.3) is 0 Å². The summed E-state index contributed by atoms with van der Waals surface area (Å²) in [5.74, 6) is 0.101. The van der Waals surface area contributed by atoms with Gasteiger partial charge in [-0.05, 0) is 36.5 Å². The van der Waals surface area contributed by atoms with E-state index in [-0.39, 0.29) is 11.2 Å². The zero-order chi connectivity index (χ0) is 14.0. The summed E-state index contributed by atoms with van der Waals surface area (Å²) < 4.78 is 26.4. The third kappa shape index (κ3) is 4.96. The van der Waals surface area contributed by atoms with Crippen molar-refractivity contribution in [2.24, 2.45) is 5.41 Å². The van der Waals surface area contributed by atoms with Crippen LogP contribution in [0.5, 0.6) is 0 Å². The van der Waals surface area contributed by atoms with Gasteiger partial charge in [0.1, 0.15) is 0 Å². The van der Waals surface area contributed by atoms with Crippen molar-refractivity contribution in [3.8, 4) is 0 Å². The van der Waals surface area contributed by atoms with Crippen molar-refractivity contribution >= 4 is 21.4 Å². The van der Waals surface area contributed by atoms with Gasteiger partial charge in [0, 0.05) is 0 Å². The van der Waals surface area contributed by atoms with Crippen molar-refractivity contribution in [2.45, 2.75) is 34.1 Å². The molecule has 0 spiro atoms. The molecule has 0 saturated heterocycles. The molecule has 5 heteroatoms. The average molecular weight is 270 g/mol. The number of sulfonamides is 1. The van der Waals surface area contributed by atoms with E-state index in [1.165, 1.54) is 0 Å². The van der Waals surface area contributed by atoms with Gasteiger partial charge < -0.3 is 5.73 Å². The Labute approximate surface area is 110 Å². The summed E-state index contributed by atoms with van der Waals surface area (Å²) in [6.45, 7) is 7.95. The number of rotatable bonds is 4. The molecule has 1 rings (SSSR count). The highest BCUT2D eigenvalue weighted by molar-refractivity contribution is 7.92. The number of hydrogen-bond donors (Lipinski definition) is 2. The zero-order valence-electron chi connectivity index (χ0n) is 11.4. The largest absolute Gasteiger partial charge is 0.397 e. The van der Waals surface area contributed by atoms with Crippen LogP contribution in [0.4, 0.5) is 11.4 Å². The second kappa shape index (κ2) is 5.18. The Kier molecular flexibility index (Phi) is 4.27. The minimum absolute atomic E-state index is 0.00704. The molecule has 0 atom stereocenters. The molecule has 0 aliphatic carbocycles. The zero-order valence-corrected chi connectivity index (χ0v) is 12.3. The maximum absolute atomic E-state index is 11.9. The smallest absolute Gasteiger partial charge is 0.232 e. The summed E-state index contributed by atoms with van der Waals surface area (Å²) in [5.41, 5.74) is 7.62. The lowest BCUT2D eigenvalue weighted by Gasteiger charge is -2.18. The predicted octanol–water partition coefficient (Wildman–Crippen LogP) is 2.76. The number of aryl methyl sites for hydroxylation is 1. The maximum Gasteiger partial charge on any atom is 0.232 e. The van der Waals surface area contributed by atoms with Crippen LogP contribution in [0, 0.1) is 12.3 Å². The molecule has 0 heterocycles. The molecule has 0 radical (unpaired) electrons. The van der Waals surface area contributed by atoms with Crippen molar-refractivity contribution in [3.05, 3.63) is 23.8 Å². The number of nitrogens with two attached hydrogens (primary N) is 1. The summed E-state index contributed by atoms with van der Waals surface area (Å²) >= 11 is 0. The molecule has 4 nitrogen and oxygen atoms in total. The normalized spacial score (nSPS) is 12.4. The molecule has 102 valence electrons. The van der Waals surface area contributed by atoms with Gasteiger partial charge in [-0.25, -0.2) is 8.42 Å². The summed E-state index contributed by atoms with van der Waals surface area (Å²) in [4.78, 5) is 0. The highest BCUT2D eigenvalue weighted by atomic mass is 32.2. The molecule has 3 N–H and O–H groups in total. The first-order valence-corrected chi connectivity index (χ1v) is 7.61. The van der Waals surface area contributed by atoms with E-state index in [0.717, 1.165) is 5.56 Å². The van der Waals surface area contributed by atoms with Gasteiger partial charge in [0.25, 0.3) is 0 Å². The molecule has 0 saturated carbocycles. The van der Waals surface area contributed by atoms with Crippen LogP contribution in [-0.4, -0.2) is 14.2 Å². The van der Waals surface area contributed by atoms with E-state index in [9.17, 15) is 8.42 Å². The molecular formula is C13H22N2O2S. The van der Waals surface area contributed by atoms with Crippen LogP contribution in [0.1, 0.15) is 32.8 Å². The van der Waals surface area contributed by atoms with Crippen LogP contribution >= 0.6 is 0 Å². The molecule has 1 aromatic rings. The number of nitrogen functional groups attached to an aromatic ring is 1. The molecule has 0 amide bonds. The van der Waals surface area contributed by atoms with Crippen LogP contribution in [0.15, 0.2) is 18.2 Å². The van der Waals surface area contributed by atoms with E-state index in [1.807, 2.05) is 33.8 Å². The summed E-state index contributed by atoms with van der Waals surface area (Å²) in [5, 5.41) is 0. The molecule has 0 aliphatic heterocycles. The Balaban J connectivity index is 2.80. The summed E-state index contributed by atoms with van der Waals surface area (Å²) in [6, 6.07) is 5.29. The van der Waals surface area contributed by atoms with E-state index < -0.39 is 10.0 Å². The lowest BCUT2D eigenvalue weighted by atomic mass is 9.94. The SMILES string of the molecule is Cc1ccc(N)c(NS(=O)(=O)CCC(C)(C)C)c1. The maximum atomic E-state index is 11.9. The summed E-state index contributed by atoms with van der Waals surface area (Å²) in [7, 11) is -3.34. The fraction of sp³-hybridized carbons (Fsp3) is 0.538. The van der Waals surface area contributed by atoms with Gasteiger partial charge in [-0.15, -0.1) is 0 Å². The Hall–Kier alpha value is -1.23. The molecule has 0 unspecified atom stereocenters. The van der Waals surface area contributed by atoms with Gasteiger partial charge in [0.05, 0.1) is 17.1 Å². The highest BCUT2D eigenvalue weighted by Crippen LogP contribution is 2.23. The number of benzene rings is 1. The molecule has 0 aromatic heterocycles. The number of nitrogens with one attached hydrogen (secondary N) is 1. The van der Waals surface area contributed by atoms with Gasteiger partial charge in [-0.3, -0.25) is 4.72 Å². The van der Waals surface area contributed by atoms with E-state index in [1.54, 1.807) is 12.1 Å². The number of hydrogen-bond acceptors (Lipinski definition) is 3. The van der Waals surface area contributed by atoms with Crippen molar-refractivity contribution in [1.29, 1.82) is 0 Å². The molecule has 0 fully saturated rings. The fourth-order valence-electron chi connectivity index (χ4n) is 1.42. The van der Waals surface area contributed by atoms with Gasteiger partial charge in [-0.2, -0.15) is 0 Å². The Morgan fingerprint density at radius 3 is 2.44 bits per heavy atom. The van der Waals surface area contributed by atoms with E-state index >= 15 is 0 Å². The lowest BCUT2D eigenvalue weighted by molar-refractivity contribution is 0.397. The minimum atomic E-state index is -3.34. The van der Waals surface area contributed by atoms with Crippen molar-refractivity contribution in [3.63, 3.8) is 0 Å². The third-order valence-electron chi connectivity index (χ3n) is 2.60. The van der Waals surface area contributed by atoms with Crippen LogP contribution in [0.3, 0.4) is 0 Å². The van der Waals surface area contributed by atoms with Gasteiger partial charge in [0.2, 0.25) is 10.0 Å². The van der Waals surface area contributed by atoms with Crippen LogP contribution in [0.2, 0.25) is 0 Å². The molecule has 0 bridgehead atoms. The molecule has 1 aromatic carbocycles. The Bertz CT molecular complexity index is 516. The van der Waals surface area contributed by atoms with Gasteiger partial charge in [-0.1, -0.05) is 26.8 Å². The van der Waals surface area contributed by atoms with Crippen molar-refractivity contribution in [2.75, 3.05) is 16.2 Å². The first-order valence-electron chi connectivity index (χ1n) is 5.96. The highest BCUT2D eigenvalue weighted by Gasteiger charge is 2.18. The topological polar surface area (TPSA) is 72.2 Å². The number of anilines is 2. The van der Waals surface area contributed by atoms with E-state index in [0.29, 0.717) is 17.8 Å². The van der Waals surface area contributed by atoms with Crippen LogP contribution in [-0.2, 0) is 10.0 Å². The predicted molar refractivity (Wildman–Crippen MR) is 77.1 cm³/mol. The average Bonchev–Trinajstić information content (AvgIpc) is 2.20. The molecule has 0 aliphatic rings. The summed E-state index contributed by atoms with van der Waals surface area (Å²) in [6.07, 6.45) is 0.605. The molecular weight excluding hydrogens is 248 g/mol. The van der Waals surface area contributed by atoms with Gasteiger partial charge >= 0.3 is 0 Å². The molecule has 18 heavy (non-hydrogen) atoms. The van der Waals surface area contributed by atoms with Crippen molar-refractivity contribution < 1.29 is 8.42 Å². The standard InChI is InChI=1S/C13H22N2O2S/c1-10-5-6-11(14)12(9-10)15-18(16,17)8-7-13(2,3)4/h5-6,9,15H,7-8,14H2,1-4H3. The van der Waals surface area contributed by atoms with Gasteiger partial charge in [0.15, 0.2) is 0 Å². The Morgan fingerprint density at radius 2 is 1.89 bits per heavy atom. The Morgan fingerprint density at radius 1 is 1.28 bits per heavy atom. The monoisotopic (exact) mass is 270 g/mol. The second-order valence-electron chi connectivity index (χ2n) is 5.82. The quantitative estimate of drug-likeness (QED) is 0.826. The fourth-order valence-corrected chi connectivity index (χ4v) is 2.91.